The fraction of sp³-hybridized carbons (Fsp3) is 1.00. The summed E-state index contributed by atoms with van der Waals surface area (Å²) < 4.78 is 5.69. The van der Waals surface area contributed by atoms with Gasteiger partial charge in [-0.25, -0.2) is 0 Å². The third-order valence-corrected chi connectivity index (χ3v) is 3.59. The summed E-state index contributed by atoms with van der Waals surface area (Å²) in [6.07, 6.45) is 5.33. The lowest BCUT2D eigenvalue weighted by Crippen LogP contribution is -2.54. The molecule has 4 bridgehead atoms. The Kier molecular flexibility index (Phi) is 1.16. The molecule has 2 nitrogen and oxygen atoms in total. The lowest BCUT2D eigenvalue weighted by molar-refractivity contribution is -0.212. The van der Waals surface area contributed by atoms with Crippen LogP contribution in [0.25, 0.3) is 0 Å². The first-order valence-electron chi connectivity index (χ1n) is 4.66. The third kappa shape index (κ3) is 0.798. The van der Waals surface area contributed by atoms with E-state index in [9.17, 15) is 5.11 Å². The van der Waals surface area contributed by atoms with Gasteiger partial charge in [-0.05, 0) is 37.5 Å². The molecule has 2 saturated carbocycles. The zero-order valence-corrected chi connectivity index (χ0v) is 6.57. The molecule has 2 heterocycles. The topological polar surface area (TPSA) is 29.5 Å². The van der Waals surface area contributed by atoms with Crippen molar-refractivity contribution in [1.29, 1.82) is 0 Å². The zero-order valence-electron chi connectivity index (χ0n) is 6.57. The van der Waals surface area contributed by atoms with Crippen LogP contribution >= 0.6 is 0 Å². The smallest absolute Gasteiger partial charge is 0.0843 e. The molecule has 62 valence electrons. The Labute approximate surface area is 66.5 Å². The number of rotatable bonds is 0. The molecule has 0 aromatic heterocycles. The first-order chi connectivity index (χ1) is 5.33. The second-order valence-corrected chi connectivity index (χ2v) is 4.36. The molecule has 0 aromatic rings. The number of hydrogen-bond donors (Lipinski definition) is 1. The highest BCUT2D eigenvalue weighted by Crippen LogP contribution is 2.47. The Balaban J connectivity index is 1.91. The van der Waals surface area contributed by atoms with Crippen molar-refractivity contribution in [3.8, 4) is 0 Å². The normalized spacial score (nSPS) is 60.3. The van der Waals surface area contributed by atoms with Crippen molar-refractivity contribution < 1.29 is 9.84 Å². The van der Waals surface area contributed by atoms with Crippen LogP contribution in [0.2, 0.25) is 0 Å². The first kappa shape index (κ1) is 6.44. The third-order valence-electron chi connectivity index (χ3n) is 3.59. The molecule has 11 heavy (non-hydrogen) atoms. The molecular weight excluding hydrogens is 140 g/mol. The van der Waals surface area contributed by atoms with Gasteiger partial charge in [0, 0.05) is 0 Å². The molecule has 4 aliphatic rings. The summed E-state index contributed by atoms with van der Waals surface area (Å²) >= 11 is 0. The molecule has 4 fully saturated rings. The predicted molar refractivity (Wildman–Crippen MR) is 40.1 cm³/mol. The van der Waals surface area contributed by atoms with E-state index in [4.69, 9.17) is 4.74 Å². The number of aliphatic hydroxyl groups is 1. The molecule has 0 aromatic carbocycles. The van der Waals surface area contributed by atoms with Crippen LogP contribution in [0.3, 0.4) is 0 Å². The fourth-order valence-corrected chi connectivity index (χ4v) is 3.16. The summed E-state index contributed by atoms with van der Waals surface area (Å²) in [5.74, 6) is 1.45. The van der Waals surface area contributed by atoms with Gasteiger partial charge in [-0.2, -0.15) is 0 Å². The van der Waals surface area contributed by atoms with E-state index in [0.29, 0.717) is 12.0 Å². The highest BCUT2D eigenvalue weighted by atomic mass is 16.5. The van der Waals surface area contributed by atoms with Crippen LogP contribution in [0.4, 0.5) is 0 Å². The highest BCUT2D eigenvalue weighted by Gasteiger charge is 2.48. The summed E-state index contributed by atoms with van der Waals surface area (Å²) in [5.41, 5.74) is 0. The minimum atomic E-state index is -0.136. The van der Waals surface area contributed by atoms with Gasteiger partial charge in [-0.3, -0.25) is 0 Å². The molecule has 5 unspecified atom stereocenters. The van der Waals surface area contributed by atoms with Gasteiger partial charge in [0.15, 0.2) is 0 Å². The summed E-state index contributed by atoms with van der Waals surface area (Å²) in [5, 5.41) is 9.70. The molecule has 2 heteroatoms. The van der Waals surface area contributed by atoms with Crippen molar-refractivity contribution in [3.63, 3.8) is 0 Å². The maximum atomic E-state index is 9.70. The molecule has 0 amide bonds. The van der Waals surface area contributed by atoms with Gasteiger partial charge in [0.05, 0.1) is 18.3 Å². The average Bonchev–Trinajstić information content (AvgIpc) is 1.98. The van der Waals surface area contributed by atoms with Gasteiger partial charge >= 0.3 is 0 Å². The maximum Gasteiger partial charge on any atom is 0.0843 e. The Morgan fingerprint density at radius 2 is 2.00 bits per heavy atom. The van der Waals surface area contributed by atoms with Gasteiger partial charge in [0.2, 0.25) is 0 Å². The van der Waals surface area contributed by atoms with E-state index in [-0.39, 0.29) is 12.2 Å². The molecule has 0 radical (unpaired) electrons. The average molecular weight is 154 g/mol. The van der Waals surface area contributed by atoms with Crippen molar-refractivity contribution in [2.24, 2.45) is 11.8 Å². The molecule has 1 N–H and O–H groups in total. The van der Waals surface area contributed by atoms with E-state index < -0.39 is 0 Å². The monoisotopic (exact) mass is 154 g/mol. The van der Waals surface area contributed by atoms with Gasteiger partial charge in [0.25, 0.3) is 0 Å². The molecule has 0 spiro atoms. The standard InChI is InChI=1S/C9H14O2/c10-9-6-1-5-2-7(4-6)11-8(9)3-5/h5-10H,1-4H2. The van der Waals surface area contributed by atoms with Crippen molar-refractivity contribution in [1.82, 2.24) is 0 Å². The summed E-state index contributed by atoms with van der Waals surface area (Å²) in [7, 11) is 0. The van der Waals surface area contributed by atoms with Gasteiger partial charge in [-0.15, -0.1) is 0 Å². The van der Waals surface area contributed by atoms with E-state index >= 15 is 0 Å². The van der Waals surface area contributed by atoms with Crippen LogP contribution in [0.1, 0.15) is 25.7 Å². The van der Waals surface area contributed by atoms with Crippen LogP contribution in [-0.4, -0.2) is 23.4 Å². The van der Waals surface area contributed by atoms with Crippen LogP contribution in [0.5, 0.6) is 0 Å². The second-order valence-electron chi connectivity index (χ2n) is 4.36. The van der Waals surface area contributed by atoms with Crippen LogP contribution < -0.4 is 0 Å². The Hall–Kier alpha value is -0.0800. The van der Waals surface area contributed by atoms with Gasteiger partial charge in [-0.1, -0.05) is 0 Å². The minimum absolute atomic E-state index is 0.136. The van der Waals surface area contributed by atoms with Crippen molar-refractivity contribution in [2.45, 2.75) is 44.0 Å². The molecule has 4 rings (SSSR count). The second kappa shape index (κ2) is 1.99. The molecule has 5 atom stereocenters. The summed E-state index contributed by atoms with van der Waals surface area (Å²) in [6.45, 7) is 0. The Morgan fingerprint density at radius 3 is 2.73 bits per heavy atom. The summed E-state index contributed by atoms with van der Waals surface area (Å²) in [4.78, 5) is 0. The van der Waals surface area contributed by atoms with E-state index in [1.807, 2.05) is 0 Å². The summed E-state index contributed by atoms with van der Waals surface area (Å²) in [6, 6.07) is 0. The lowest BCUT2D eigenvalue weighted by atomic mass is 9.66. The largest absolute Gasteiger partial charge is 0.390 e. The molecule has 2 saturated heterocycles. The minimum Gasteiger partial charge on any atom is -0.390 e. The van der Waals surface area contributed by atoms with Gasteiger partial charge < -0.3 is 9.84 Å². The number of aliphatic hydroxyl groups excluding tert-OH is 1. The van der Waals surface area contributed by atoms with Crippen molar-refractivity contribution in [3.05, 3.63) is 0 Å². The van der Waals surface area contributed by atoms with Crippen LogP contribution in [0.15, 0.2) is 0 Å². The van der Waals surface area contributed by atoms with E-state index in [1.165, 1.54) is 12.8 Å². The quantitative estimate of drug-likeness (QED) is 0.562. The molecular formula is C9H14O2. The number of ether oxygens (including phenoxy) is 1. The van der Waals surface area contributed by atoms with E-state index in [0.717, 1.165) is 18.8 Å². The Morgan fingerprint density at radius 1 is 1.09 bits per heavy atom. The molecule has 2 aliphatic heterocycles. The van der Waals surface area contributed by atoms with Crippen molar-refractivity contribution >= 4 is 0 Å². The fourth-order valence-electron chi connectivity index (χ4n) is 3.16. The van der Waals surface area contributed by atoms with Crippen molar-refractivity contribution in [2.75, 3.05) is 0 Å². The SMILES string of the molecule is OC1C2CC3CC(C2)OC1C3. The number of hydrogen-bond acceptors (Lipinski definition) is 2. The maximum absolute atomic E-state index is 9.70. The predicted octanol–water partition coefficient (Wildman–Crippen LogP) is 0.935. The Bertz CT molecular complexity index is 150. The van der Waals surface area contributed by atoms with Crippen LogP contribution in [-0.2, 0) is 4.74 Å². The van der Waals surface area contributed by atoms with Gasteiger partial charge in [0.1, 0.15) is 0 Å². The molecule has 2 aliphatic carbocycles. The van der Waals surface area contributed by atoms with E-state index in [1.54, 1.807) is 0 Å². The van der Waals surface area contributed by atoms with Crippen LogP contribution in [0, 0.1) is 11.8 Å². The first-order valence-corrected chi connectivity index (χ1v) is 4.66. The van der Waals surface area contributed by atoms with E-state index in [2.05, 4.69) is 0 Å². The highest BCUT2D eigenvalue weighted by molar-refractivity contribution is 4.98. The lowest BCUT2D eigenvalue weighted by Gasteiger charge is -2.52. The zero-order chi connectivity index (χ0) is 7.42.